The van der Waals surface area contributed by atoms with Gasteiger partial charge in [-0.15, -0.1) is 22.7 Å². The summed E-state index contributed by atoms with van der Waals surface area (Å²) >= 11 is 3.65. The van der Waals surface area contributed by atoms with E-state index in [4.69, 9.17) is 4.98 Å². The van der Waals surface area contributed by atoms with Gasteiger partial charge in [-0.05, 0) is 66.4 Å². The Morgan fingerprint density at radius 1 is 0.744 bits per heavy atom. The molecule has 0 fully saturated rings. The fraction of sp³-hybridized carbons (Fsp3) is 0.118. The molecule has 8 aromatic rings. The van der Waals surface area contributed by atoms with Gasteiger partial charge < -0.3 is 0 Å². The van der Waals surface area contributed by atoms with Crippen molar-refractivity contribution in [1.29, 1.82) is 0 Å². The van der Waals surface area contributed by atoms with Crippen LogP contribution in [-0.2, 0) is 0 Å². The lowest BCUT2D eigenvalue weighted by Crippen LogP contribution is -2.00. The molecule has 0 aliphatic carbocycles. The number of thiophene rings is 2. The Hall–Kier alpha value is -4.06. The number of para-hydroxylation sites is 2. The second-order valence-electron chi connectivity index (χ2n) is 10.5. The van der Waals surface area contributed by atoms with E-state index in [-0.39, 0.29) is 0 Å². The van der Waals surface area contributed by atoms with Crippen LogP contribution in [0, 0.1) is 6.92 Å². The minimum absolute atomic E-state index is 0.517. The Bertz CT molecular complexity index is 2230. The highest BCUT2D eigenvalue weighted by atomic mass is 32.1. The molecule has 0 saturated carbocycles. The Morgan fingerprint density at radius 2 is 1.56 bits per heavy atom. The van der Waals surface area contributed by atoms with E-state index < -0.39 is 0 Å². The van der Waals surface area contributed by atoms with Crippen molar-refractivity contribution < 1.29 is 0 Å². The number of hydrogen-bond acceptors (Lipinski definition) is 4. The molecule has 0 aliphatic heterocycles. The zero-order chi connectivity index (χ0) is 26.2. The summed E-state index contributed by atoms with van der Waals surface area (Å²) in [5.74, 6) is 1.49. The maximum absolute atomic E-state index is 5.23. The molecule has 0 amide bonds. The van der Waals surface area contributed by atoms with Crippen molar-refractivity contribution >= 4 is 74.2 Å². The van der Waals surface area contributed by atoms with E-state index in [1.807, 2.05) is 23.6 Å². The number of aryl methyl sites for hydroxylation is 1. The molecule has 4 aromatic heterocycles. The minimum Gasteiger partial charge on any atom is -0.292 e. The van der Waals surface area contributed by atoms with Crippen LogP contribution in [0.15, 0.2) is 91.1 Å². The number of rotatable bonds is 3. The van der Waals surface area contributed by atoms with Gasteiger partial charge in [0.25, 0.3) is 0 Å². The molecule has 0 unspecified atom stereocenters. The van der Waals surface area contributed by atoms with Crippen LogP contribution in [0.4, 0.5) is 0 Å². The van der Waals surface area contributed by atoms with Gasteiger partial charge in [0.05, 0.1) is 16.7 Å². The summed E-state index contributed by atoms with van der Waals surface area (Å²) in [4.78, 5) is 10.9. The summed E-state index contributed by atoms with van der Waals surface area (Å²) in [5.41, 5.74) is 7.12. The van der Waals surface area contributed by atoms with E-state index in [1.165, 1.54) is 52.5 Å². The van der Waals surface area contributed by atoms with Crippen molar-refractivity contribution in [1.82, 2.24) is 14.5 Å². The molecule has 0 spiro atoms. The van der Waals surface area contributed by atoms with Gasteiger partial charge in [0.15, 0.2) is 0 Å². The summed E-state index contributed by atoms with van der Waals surface area (Å²) in [6, 6.07) is 30.7. The molecule has 188 valence electrons. The van der Waals surface area contributed by atoms with Crippen molar-refractivity contribution in [2.45, 2.75) is 26.7 Å². The molecular formula is C34H25N3S2. The standard InChI is InChI=1S/C34H25N3S2/c1-19(2)21-13-14-22-24-15-16-28(20(3)31(24)38-30(22)18-21)37-29-12-5-4-11-27(29)36-33(37)26-9-6-8-23-25-10-7-17-35-34(25)39-32(23)26/h4-19H,1-3H3. The number of fused-ring (bicyclic) bond motifs is 7. The molecule has 0 saturated heterocycles. The fourth-order valence-electron chi connectivity index (χ4n) is 5.84. The van der Waals surface area contributed by atoms with Gasteiger partial charge in [-0.1, -0.05) is 56.3 Å². The molecule has 0 N–H and O–H groups in total. The first-order chi connectivity index (χ1) is 19.1. The van der Waals surface area contributed by atoms with Crippen LogP contribution in [0.1, 0.15) is 30.9 Å². The Morgan fingerprint density at radius 3 is 2.46 bits per heavy atom. The Balaban J connectivity index is 1.43. The van der Waals surface area contributed by atoms with Gasteiger partial charge in [-0.25, -0.2) is 9.97 Å². The predicted octanol–water partition coefficient (Wildman–Crippen LogP) is 10.3. The highest BCUT2D eigenvalue weighted by molar-refractivity contribution is 7.26. The molecule has 0 atom stereocenters. The van der Waals surface area contributed by atoms with E-state index in [0.29, 0.717) is 5.92 Å². The monoisotopic (exact) mass is 539 g/mol. The average molecular weight is 540 g/mol. The van der Waals surface area contributed by atoms with Gasteiger partial charge in [0.2, 0.25) is 0 Å². The SMILES string of the molecule is Cc1c(-n2c(-c3cccc4c3sc3ncccc34)nc3ccccc32)ccc2c1sc1cc(C(C)C)ccc12. The summed E-state index contributed by atoms with van der Waals surface area (Å²) in [6.07, 6.45) is 1.88. The lowest BCUT2D eigenvalue weighted by Gasteiger charge is -2.14. The van der Waals surface area contributed by atoms with E-state index in [1.54, 1.807) is 11.3 Å². The zero-order valence-corrected chi connectivity index (χ0v) is 23.5. The zero-order valence-electron chi connectivity index (χ0n) is 21.9. The number of imidazole rings is 1. The van der Waals surface area contributed by atoms with Crippen LogP contribution in [0.25, 0.3) is 68.6 Å². The molecule has 4 heterocycles. The van der Waals surface area contributed by atoms with E-state index >= 15 is 0 Å². The first-order valence-electron chi connectivity index (χ1n) is 13.3. The summed E-state index contributed by atoms with van der Waals surface area (Å²) in [7, 11) is 0. The van der Waals surface area contributed by atoms with Crippen LogP contribution < -0.4 is 0 Å². The number of nitrogens with zero attached hydrogens (tertiary/aromatic N) is 3. The third-order valence-electron chi connectivity index (χ3n) is 7.87. The maximum Gasteiger partial charge on any atom is 0.147 e. The summed E-state index contributed by atoms with van der Waals surface area (Å²) in [6.45, 7) is 6.78. The van der Waals surface area contributed by atoms with Crippen molar-refractivity contribution in [2.75, 3.05) is 0 Å². The van der Waals surface area contributed by atoms with Crippen LogP contribution in [0.2, 0.25) is 0 Å². The molecule has 5 heteroatoms. The highest BCUT2D eigenvalue weighted by Crippen LogP contribution is 2.43. The smallest absolute Gasteiger partial charge is 0.147 e. The molecular weight excluding hydrogens is 515 g/mol. The van der Waals surface area contributed by atoms with Crippen LogP contribution in [0.3, 0.4) is 0 Å². The molecule has 8 rings (SSSR count). The van der Waals surface area contributed by atoms with Crippen molar-refractivity contribution in [2.24, 2.45) is 0 Å². The second-order valence-corrected chi connectivity index (χ2v) is 12.5. The lowest BCUT2D eigenvalue weighted by molar-refractivity contribution is 0.869. The van der Waals surface area contributed by atoms with E-state index in [2.05, 4.69) is 109 Å². The second kappa shape index (κ2) is 8.47. The van der Waals surface area contributed by atoms with Gasteiger partial charge >= 0.3 is 0 Å². The van der Waals surface area contributed by atoms with E-state index in [0.717, 1.165) is 27.3 Å². The third-order valence-corrected chi connectivity index (χ3v) is 10.3. The average Bonchev–Trinajstić information content (AvgIpc) is 3.64. The summed E-state index contributed by atoms with van der Waals surface area (Å²) in [5, 5.41) is 5.10. The summed E-state index contributed by atoms with van der Waals surface area (Å²) < 4.78 is 6.29. The van der Waals surface area contributed by atoms with Crippen molar-refractivity contribution in [3.05, 3.63) is 102 Å². The lowest BCUT2D eigenvalue weighted by atomic mass is 10.0. The quantitative estimate of drug-likeness (QED) is 0.224. The molecule has 4 aromatic carbocycles. The van der Waals surface area contributed by atoms with Crippen LogP contribution in [0.5, 0.6) is 0 Å². The topological polar surface area (TPSA) is 30.7 Å². The molecule has 0 radical (unpaired) electrons. The van der Waals surface area contributed by atoms with Crippen molar-refractivity contribution in [3.63, 3.8) is 0 Å². The highest BCUT2D eigenvalue weighted by Gasteiger charge is 2.21. The van der Waals surface area contributed by atoms with Gasteiger partial charge in [0.1, 0.15) is 10.7 Å². The molecule has 0 bridgehead atoms. The number of pyridine rings is 1. The van der Waals surface area contributed by atoms with E-state index in [9.17, 15) is 0 Å². The van der Waals surface area contributed by atoms with Gasteiger partial charge in [-0.2, -0.15) is 0 Å². The number of hydrogen-bond donors (Lipinski definition) is 0. The minimum atomic E-state index is 0.517. The number of aromatic nitrogens is 3. The normalized spacial score (nSPS) is 12.2. The van der Waals surface area contributed by atoms with Crippen LogP contribution >= 0.6 is 22.7 Å². The molecule has 39 heavy (non-hydrogen) atoms. The number of benzene rings is 4. The molecule has 3 nitrogen and oxygen atoms in total. The molecule has 0 aliphatic rings. The van der Waals surface area contributed by atoms with Crippen molar-refractivity contribution in [3.8, 4) is 17.1 Å². The largest absolute Gasteiger partial charge is 0.292 e. The first-order valence-corrected chi connectivity index (χ1v) is 14.9. The Kier molecular flexibility index (Phi) is 4.97. The predicted molar refractivity (Wildman–Crippen MR) is 169 cm³/mol. The maximum atomic E-state index is 5.23. The van der Waals surface area contributed by atoms with Gasteiger partial charge in [0, 0.05) is 47.4 Å². The first kappa shape index (κ1) is 22.9. The fourth-order valence-corrected chi connectivity index (χ4v) is 8.24. The Labute approximate surface area is 234 Å². The van der Waals surface area contributed by atoms with Gasteiger partial charge in [-0.3, -0.25) is 4.57 Å². The third kappa shape index (κ3) is 3.33. The van der Waals surface area contributed by atoms with Crippen LogP contribution in [-0.4, -0.2) is 14.5 Å².